The highest BCUT2D eigenvalue weighted by atomic mass is 19.4. The minimum absolute atomic E-state index is 0.0150. The molecule has 0 atom stereocenters. The molecular weight excluding hydrogens is 572 g/mol. The summed E-state index contributed by atoms with van der Waals surface area (Å²) in [5.41, 5.74) is -2.23. The third-order valence-electron chi connectivity index (χ3n) is 8.18. The molecule has 6 rings (SSSR count). The normalized spacial score (nSPS) is 19.6. The molecule has 2 aliphatic carbocycles. The number of oxazole rings is 1. The Labute approximate surface area is 235 Å². The van der Waals surface area contributed by atoms with Gasteiger partial charge in [-0.3, -0.25) is 4.79 Å². The van der Waals surface area contributed by atoms with Gasteiger partial charge in [-0.25, -0.2) is 9.97 Å². The number of halogens is 6. The molecule has 0 radical (unpaired) electrons. The van der Waals surface area contributed by atoms with Crippen molar-refractivity contribution in [3.8, 4) is 11.6 Å². The smallest absolute Gasteiger partial charge is 0.397 e. The lowest BCUT2D eigenvalue weighted by Gasteiger charge is -2.33. The Kier molecular flexibility index (Phi) is 6.68. The zero-order chi connectivity index (χ0) is 29.9. The summed E-state index contributed by atoms with van der Waals surface area (Å²) < 4.78 is 97.3. The summed E-state index contributed by atoms with van der Waals surface area (Å²) in [5, 5.41) is 0. The molecule has 0 aromatic carbocycles. The molecule has 0 N–H and O–H groups in total. The van der Waals surface area contributed by atoms with Crippen LogP contribution in [0.3, 0.4) is 0 Å². The molecule has 1 aliphatic heterocycles. The number of fused-ring (bicyclic) bond motifs is 1. The largest absolute Gasteiger partial charge is 0.487 e. The number of carbonyl (C=O) groups excluding carboxylic acids is 1. The maximum Gasteiger partial charge on any atom is 0.397 e. The molecule has 1 amide bonds. The van der Waals surface area contributed by atoms with Crippen molar-refractivity contribution in [3.63, 3.8) is 0 Å². The van der Waals surface area contributed by atoms with Crippen LogP contribution in [0.1, 0.15) is 41.7 Å². The highest BCUT2D eigenvalue weighted by Crippen LogP contribution is 2.59. The van der Waals surface area contributed by atoms with Crippen LogP contribution in [0, 0.1) is 17.8 Å². The second kappa shape index (κ2) is 9.90. The average Bonchev–Trinajstić information content (AvgIpc) is 3.86. The molecule has 0 bridgehead atoms. The number of hydrogen-bond acceptors (Lipinski definition) is 8. The van der Waals surface area contributed by atoms with E-state index in [9.17, 15) is 31.1 Å². The fraction of sp³-hybridized carbons (Fsp3) is 0.556. The van der Waals surface area contributed by atoms with E-state index in [4.69, 9.17) is 13.9 Å². The molecule has 9 nitrogen and oxygen atoms in total. The lowest BCUT2D eigenvalue weighted by Crippen LogP contribution is -2.49. The number of alkyl halides is 6. The van der Waals surface area contributed by atoms with E-state index < -0.39 is 42.3 Å². The predicted octanol–water partition coefficient (Wildman–Crippen LogP) is 5.33. The van der Waals surface area contributed by atoms with Crippen LogP contribution >= 0.6 is 0 Å². The molecule has 1 saturated heterocycles. The number of hydrogen-bond donors (Lipinski definition) is 0. The Morgan fingerprint density at radius 2 is 1.55 bits per heavy atom. The first-order chi connectivity index (χ1) is 19.8. The molecular formula is C27H27F6N5O4. The molecule has 2 saturated carbocycles. The number of amides is 1. The van der Waals surface area contributed by atoms with Crippen molar-refractivity contribution in [2.45, 2.75) is 45.0 Å². The summed E-state index contributed by atoms with van der Waals surface area (Å²) in [5.74, 6) is -1.15. The number of carbonyl (C=O) groups is 1. The summed E-state index contributed by atoms with van der Waals surface area (Å²) in [4.78, 5) is 29.5. The van der Waals surface area contributed by atoms with Crippen LogP contribution in [0.5, 0.6) is 11.6 Å². The van der Waals surface area contributed by atoms with Crippen LogP contribution < -0.4 is 14.4 Å². The first-order valence-electron chi connectivity index (χ1n) is 13.5. The van der Waals surface area contributed by atoms with Gasteiger partial charge in [0, 0.05) is 44.1 Å². The Morgan fingerprint density at radius 3 is 2.14 bits per heavy atom. The highest BCUT2D eigenvalue weighted by Gasteiger charge is 2.65. The van der Waals surface area contributed by atoms with Gasteiger partial charge in [-0.1, -0.05) is 0 Å². The summed E-state index contributed by atoms with van der Waals surface area (Å²) in [6.45, 7) is 1.69. The number of nitrogens with zero attached hydrogens (tertiary/aromatic N) is 5. The van der Waals surface area contributed by atoms with Crippen molar-refractivity contribution in [3.05, 3.63) is 35.7 Å². The maximum absolute atomic E-state index is 13.5. The molecule has 0 spiro atoms. The third kappa shape index (κ3) is 5.28. The van der Waals surface area contributed by atoms with E-state index in [0.717, 1.165) is 11.9 Å². The second-order valence-corrected chi connectivity index (χ2v) is 11.2. The Balaban J connectivity index is 1.16. The molecule has 0 unspecified atom stereocenters. The average molecular weight is 600 g/mol. The van der Waals surface area contributed by atoms with E-state index in [0.29, 0.717) is 30.3 Å². The van der Waals surface area contributed by atoms with Gasteiger partial charge in [0.2, 0.25) is 5.65 Å². The fourth-order valence-electron chi connectivity index (χ4n) is 4.82. The van der Waals surface area contributed by atoms with Crippen molar-refractivity contribution < 1.29 is 45.0 Å². The summed E-state index contributed by atoms with van der Waals surface area (Å²) >= 11 is 0. The third-order valence-corrected chi connectivity index (χ3v) is 8.18. The van der Waals surface area contributed by atoms with Gasteiger partial charge < -0.3 is 23.7 Å². The summed E-state index contributed by atoms with van der Waals surface area (Å²) in [7, 11) is 0. The predicted molar refractivity (Wildman–Crippen MR) is 135 cm³/mol. The van der Waals surface area contributed by atoms with E-state index in [1.165, 1.54) is 11.0 Å². The van der Waals surface area contributed by atoms with E-state index in [2.05, 4.69) is 15.0 Å². The molecule has 4 heterocycles. The van der Waals surface area contributed by atoms with Gasteiger partial charge in [0.25, 0.3) is 17.8 Å². The number of pyridine rings is 2. The van der Waals surface area contributed by atoms with Crippen molar-refractivity contribution in [2.75, 3.05) is 44.3 Å². The van der Waals surface area contributed by atoms with Crippen molar-refractivity contribution in [1.82, 2.24) is 19.9 Å². The molecule has 3 aliphatic rings. The Bertz CT molecular complexity index is 1490. The summed E-state index contributed by atoms with van der Waals surface area (Å²) in [6, 6.07) is 5.15. The molecule has 3 fully saturated rings. The Hall–Kier alpha value is -3.78. The molecule has 226 valence electrons. The minimum Gasteiger partial charge on any atom is -0.487 e. The summed E-state index contributed by atoms with van der Waals surface area (Å²) in [6.07, 6.45) is -8.36. The topological polar surface area (TPSA) is 93.8 Å². The number of piperazine rings is 1. The monoisotopic (exact) mass is 599 g/mol. The van der Waals surface area contributed by atoms with Gasteiger partial charge in [-0.15, -0.1) is 0 Å². The van der Waals surface area contributed by atoms with Crippen LogP contribution in [-0.2, 0) is 0 Å². The molecule has 15 heteroatoms. The standard InChI is InChI=1S/C27H27F6N5O4/c1-16-2-3-18-20(35-16)36-23(42-18)38-10-8-37(9-11-38)22(39)17-12-19(40-14-24(4-5-24)26(28,29)30)21(34-13-17)41-15-25(6-7-25)27(31,32)33/h2-3,12-13H,4-11,14-15H2,1H3. The number of aryl methyl sites for hydroxylation is 1. The molecule has 3 aromatic rings. The Morgan fingerprint density at radius 1 is 0.929 bits per heavy atom. The zero-order valence-corrected chi connectivity index (χ0v) is 22.5. The minimum atomic E-state index is -4.51. The van der Waals surface area contributed by atoms with Crippen LogP contribution in [0.4, 0.5) is 32.4 Å². The fourth-order valence-corrected chi connectivity index (χ4v) is 4.82. The maximum atomic E-state index is 13.5. The number of anilines is 1. The van der Waals surface area contributed by atoms with E-state index in [1.807, 2.05) is 17.9 Å². The van der Waals surface area contributed by atoms with Crippen molar-refractivity contribution >= 4 is 23.2 Å². The van der Waals surface area contributed by atoms with Gasteiger partial charge in [0.1, 0.15) is 24.0 Å². The number of aromatic nitrogens is 3. The van der Waals surface area contributed by atoms with Gasteiger partial charge in [0.15, 0.2) is 11.3 Å². The SMILES string of the molecule is Cc1ccc2oc(N3CCN(C(=O)c4cnc(OCC5(C(F)(F)F)CC5)c(OCC5(C(F)(F)F)CC5)c4)CC3)nc2n1. The van der Waals surface area contributed by atoms with Crippen LogP contribution in [0.15, 0.2) is 28.8 Å². The quantitative estimate of drug-likeness (QED) is 0.321. The number of ether oxygens (including phenoxy) is 2. The van der Waals surface area contributed by atoms with Crippen LogP contribution in [-0.4, -0.2) is 77.5 Å². The first-order valence-corrected chi connectivity index (χ1v) is 13.5. The second-order valence-electron chi connectivity index (χ2n) is 11.2. The van der Waals surface area contributed by atoms with Crippen molar-refractivity contribution in [1.29, 1.82) is 0 Å². The van der Waals surface area contributed by atoms with Gasteiger partial charge in [-0.2, -0.15) is 31.3 Å². The van der Waals surface area contributed by atoms with Gasteiger partial charge >= 0.3 is 12.4 Å². The van der Waals surface area contributed by atoms with Crippen molar-refractivity contribution in [2.24, 2.45) is 10.8 Å². The van der Waals surface area contributed by atoms with Crippen LogP contribution in [0.25, 0.3) is 11.2 Å². The zero-order valence-electron chi connectivity index (χ0n) is 22.5. The molecule has 3 aromatic heterocycles. The first kappa shape index (κ1) is 28.3. The van der Waals surface area contributed by atoms with E-state index >= 15 is 0 Å². The van der Waals surface area contributed by atoms with Gasteiger partial charge in [0.05, 0.1) is 5.56 Å². The lowest BCUT2D eigenvalue weighted by atomic mass is 10.1. The lowest BCUT2D eigenvalue weighted by molar-refractivity contribution is -0.196. The van der Waals surface area contributed by atoms with Gasteiger partial charge in [-0.05, 0) is 44.7 Å². The van der Waals surface area contributed by atoms with E-state index in [1.54, 1.807) is 6.07 Å². The highest BCUT2D eigenvalue weighted by molar-refractivity contribution is 5.94. The molecule has 42 heavy (non-hydrogen) atoms. The number of rotatable bonds is 8. The van der Waals surface area contributed by atoms with E-state index in [-0.39, 0.29) is 56.0 Å². The van der Waals surface area contributed by atoms with Crippen LogP contribution in [0.2, 0.25) is 0 Å².